The SMILES string of the molecule is CC(=O)c1cccc(-c2cccc(/C=C(\C#N)C(=O)NC3(c4ccccc4)CCCC3)n2)c1F. The zero-order valence-electron chi connectivity index (χ0n) is 18.8. The summed E-state index contributed by atoms with van der Waals surface area (Å²) >= 11 is 0. The lowest BCUT2D eigenvalue weighted by atomic mass is 9.88. The molecule has 0 unspecified atom stereocenters. The van der Waals surface area contributed by atoms with Crippen molar-refractivity contribution in [1.29, 1.82) is 5.26 Å². The van der Waals surface area contributed by atoms with E-state index in [4.69, 9.17) is 0 Å². The minimum atomic E-state index is -0.645. The van der Waals surface area contributed by atoms with Crippen molar-refractivity contribution in [1.82, 2.24) is 10.3 Å². The van der Waals surface area contributed by atoms with E-state index < -0.39 is 17.3 Å². The molecule has 5 nitrogen and oxygen atoms in total. The number of benzene rings is 2. The zero-order valence-corrected chi connectivity index (χ0v) is 18.8. The Kier molecular flexibility index (Phi) is 6.65. The molecule has 0 atom stereocenters. The summed E-state index contributed by atoms with van der Waals surface area (Å²) < 4.78 is 14.8. The van der Waals surface area contributed by atoms with Crippen molar-refractivity contribution in [2.45, 2.75) is 38.1 Å². The van der Waals surface area contributed by atoms with E-state index in [0.717, 1.165) is 31.2 Å². The van der Waals surface area contributed by atoms with Gasteiger partial charge in [-0.15, -0.1) is 0 Å². The molecule has 2 aromatic carbocycles. The number of aromatic nitrogens is 1. The summed E-state index contributed by atoms with van der Waals surface area (Å²) in [6.45, 7) is 1.30. The number of nitrogens with zero attached hydrogens (tertiary/aromatic N) is 2. The quantitative estimate of drug-likeness (QED) is 0.300. The van der Waals surface area contributed by atoms with Gasteiger partial charge >= 0.3 is 0 Å². The van der Waals surface area contributed by atoms with Gasteiger partial charge in [0.25, 0.3) is 5.91 Å². The van der Waals surface area contributed by atoms with Crippen molar-refractivity contribution in [3.05, 3.63) is 94.9 Å². The number of nitrogens with one attached hydrogen (secondary N) is 1. The minimum Gasteiger partial charge on any atom is -0.342 e. The van der Waals surface area contributed by atoms with Crippen molar-refractivity contribution in [3.63, 3.8) is 0 Å². The van der Waals surface area contributed by atoms with Crippen LogP contribution in [-0.2, 0) is 10.3 Å². The van der Waals surface area contributed by atoms with Gasteiger partial charge < -0.3 is 5.32 Å². The number of rotatable bonds is 6. The molecule has 6 heteroatoms. The predicted octanol–water partition coefficient (Wildman–Crippen LogP) is 5.58. The summed E-state index contributed by atoms with van der Waals surface area (Å²) in [6, 6.07) is 21.3. The van der Waals surface area contributed by atoms with Gasteiger partial charge in [-0.25, -0.2) is 9.37 Å². The highest BCUT2D eigenvalue weighted by atomic mass is 19.1. The maximum absolute atomic E-state index is 14.8. The number of nitriles is 1. The molecule has 1 aliphatic carbocycles. The number of halogens is 1. The number of Topliss-reactive ketones (excluding diaryl/α,β-unsaturated/α-hetero) is 1. The van der Waals surface area contributed by atoms with Crippen LogP contribution in [-0.4, -0.2) is 16.7 Å². The van der Waals surface area contributed by atoms with Crippen LogP contribution in [0, 0.1) is 17.1 Å². The largest absolute Gasteiger partial charge is 0.342 e. The third-order valence-corrected chi connectivity index (χ3v) is 6.22. The van der Waals surface area contributed by atoms with Crippen molar-refractivity contribution in [2.75, 3.05) is 0 Å². The maximum atomic E-state index is 14.8. The van der Waals surface area contributed by atoms with Crippen LogP contribution in [0.2, 0.25) is 0 Å². The van der Waals surface area contributed by atoms with Crippen molar-refractivity contribution < 1.29 is 14.0 Å². The number of amides is 1. The average molecular weight is 454 g/mol. The maximum Gasteiger partial charge on any atom is 0.262 e. The van der Waals surface area contributed by atoms with Gasteiger partial charge in [-0.2, -0.15) is 5.26 Å². The Morgan fingerprint density at radius 2 is 1.74 bits per heavy atom. The van der Waals surface area contributed by atoms with Gasteiger partial charge in [-0.1, -0.05) is 55.3 Å². The molecule has 34 heavy (non-hydrogen) atoms. The lowest BCUT2D eigenvalue weighted by Crippen LogP contribution is -2.44. The minimum absolute atomic E-state index is 0.0138. The molecule has 4 rings (SSSR count). The zero-order chi connectivity index (χ0) is 24.1. The first-order valence-electron chi connectivity index (χ1n) is 11.2. The monoisotopic (exact) mass is 453 g/mol. The molecular weight excluding hydrogens is 429 g/mol. The molecule has 0 bridgehead atoms. The summed E-state index contributed by atoms with van der Waals surface area (Å²) in [6.07, 6.45) is 5.01. The Morgan fingerprint density at radius 3 is 2.41 bits per heavy atom. The second kappa shape index (κ2) is 9.80. The first-order valence-corrected chi connectivity index (χ1v) is 11.2. The van der Waals surface area contributed by atoms with E-state index in [1.54, 1.807) is 30.3 Å². The number of ketones is 1. The molecule has 1 aliphatic rings. The van der Waals surface area contributed by atoms with Gasteiger partial charge in [0, 0.05) is 5.56 Å². The van der Waals surface area contributed by atoms with Gasteiger partial charge in [0.2, 0.25) is 0 Å². The summed E-state index contributed by atoms with van der Waals surface area (Å²) in [7, 11) is 0. The molecule has 1 N–H and O–H groups in total. The van der Waals surface area contributed by atoms with Gasteiger partial charge in [0.05, 0.1) is 22.5 Å². The van der Waals surface area contributed by atoms with Crippen LogP contribution in [0.3, 0.4) is 0 Å². The van der Waals surface area contributed by atoms with Gasteiger partial charge in [0.1, 0.15) is 17.5 Å². The number of hydrogen-bond acceptors (Lipinski definition) is 4. The third-order valence-electron chi connectivity index (χ3n) is 6.22. The summed E-state index contributed by atoms with van der Waals surface area (Å²) in [5, 5.41) is 12.8. The van der Waals surface area contributed by atoms with E-state index in [0.29, 0.717) is 11.4 Å². The highest BCUT2D eigenvalue weighted by Crippen LogP contribution is 2.39. The smallest absolute Gasteiger partial charge is 0.262 e. The van der Waals surface area contributed by atoms with Crippen LogP contribution >= 0.6 is 0 Å². The Bertz CT molecular complexity index is 1300. The lowest BCUT2D eigenvalue weighted by Gasteiger charge is -2.31. The molecule has 1 amide bonds. The van der Waals surface area contributed by atoms with Crippen molar-refractivity contribution in [2.24, 2.45) is 0 Å². The molecule has 1 saturated carbocycles. The van der Waals surface area contributed by atoms with Crippen LogP contribution < -0.4 is 5.32 Å². The molecule has 170 valence electrons. The van der Waals surface area contributed by atoms with E-state index in [2.05, 4.69) is 10.3 Å². The second-order valence-corrected chi connectivity index (χ2v) is 8.45. The highest BCUT2D eigenvalue weighted by Gasteiger charge is 2.37. The first-order chi connectivity index (χ1) is 16.4. The van der Waals surface area contributed by atoms with Gasteiger partial charge in [-0.3, -0.25) is 9.59 Å². The summed E-state index contributed by atoms with van der Waals surface area (Å²) in [5.74, 6) is -1.49. The first kappa shape index (κ1) is 23.1. The van der Waals surface area contributed by atoms with Crippen LogP contribution in [0.15, 0.2) is 72.3 Å². The lowest BCUT2D eigenvalue weighted by molar-refractivity contribution is -0.119. The number of pyridine rings is 1. The van der Waals surface area contributed by atoms with E-state index in [-0.39, 0.29) is 22.5 Å². The average Bonchev–Trinajstić information content (AvgIpc) is 3.32. The molecule has 0 aliphatic heterocycles. The molecule has 0 radical (unpaired) electrons. The molecule has 0 spiro atoms. The molecule has 1 fully saturated rings. The van der Waals surface area contributed by atoms with Crippen LogP contribution in [0.4, 0.5) is 4.39 Å². The second-order valence-electron chi connectivity index (χ2n) is 8.45. The Hall–Kier alpha value is -4.11. The summed E-state index contributed by atoms with van der Waals surface area (Å²) in [5.41, 5.74) is 1.27. The number of hydrogen-bond donors (Lipinski definition) is 1. The van der Waals surface area contributed by atoms with E-state index in [1.807, 2.05) is 36.4 Å². The van der Waals surface area contributed by atoms with Crippen LogP contribution in [0.1, 0.15) is 54.2 Å². The highest BCUT2D eigenvalue weighted by molar-refractivity contribution is 6.02. The number of carbonyl (C=O) groups is 2. The predicted molar refractivity (Wildman–Crippen MR) is 128 cm³/mol. The van der Waals surface area contributed by atoms with E-state index >= 15 is 0 Å². The fraction of sp³-hybridized carbons (Fsp3) is 0.214. The van der Waals surface area contributed by atoms with E-state index in [1.165, 1.54) is 19.1 Å². The topological polar surface area (TPSA) is 82.8 Å². The number of carbonyl (C=O) groups excluding carboxylic acids is 2. The third kappa shape index (κ3) is 4.65. The van der Waals surface area contributed by atoms with E-state index in [9.17, 15) is 19.2 Å². The standard InChI is InChI=1S/C28H24FN3O2/c1-19(33)23-12-8-13-24(26(23)29)25-14-7-11-22(31-25)17-20(18-30)27(34)32-28(15-5-6-16-28)21-9-3-2-4-10-21/h2-4,7-14,17H,5-6,15-16H2,1H3,(H,32,34)/b20-17+. The molecule has 0 saturated heterocycles. The fourth-order valence-corrected chi connectivity index (χ4v) is 4.49. The molecule has 1 heterocycles. The Balaban J connectivity index is 1.64. The Labute approximate surface area is 198 Å². The Morgan fingerprint density at radius 1 is 1.03 bits per heavy atom. The van der Waals surface area contributed by atoms with Crippen molar-refractivity contribution >= 4 is 17.8 Å². The van der Waals surface area contributed by atoms with Gasteiger partial charge in [0.15, 0.2) is 5.78 Å². The molecule has 1 aromatic heterocycles. The molecule has 3 aromatic rings. The van der Waals surface area contributed by atoms with Gasteiger partial charge in [-0.05, 0) is 55.7 Å². The fourth-order valence-electron chi connectivity index (χ4n) is 4.49. The van der Waals surface area contributed by atoms with Crippen LogP contribution in [0.5, 0.6) is 0 Å². The molecular formula is C28H24FN3O2. The van der Waals surface area contributed by atoms with Crippen molar-refractivity contribution in [3.8, 4) is 17.3 Å². The summed E-state index contributed by atoms with van der Waals surface area (Å²) in [4.78, 5) is 29.2. The normalized spacial score (nSPS) is 14.9. The van der Waals surface area contributed by atoms with Crippen LogP contribution in [0.25, 0.3) is 17.3 Å².